The van der Waals surface area contributed by atoms with Crippen molar-refractivity contribution in [1.29, 1.82) is 0 Å². The van der Waals surface area contributed by atoms with Gasteiger partial charge < -0.3 is 25.8 Å². The number of carbonyl (C=O) groups is 2. The van der Waals surface area contributed by atoms with Gasteiger partial charge in [-0.3, -0.25) is 9.79 Å². The summed E-state index contributed by atoms with van der Waals surface area (Å²) in [7, 11) is 4.04. The molecule has 4 rings (SSSR count). The Labute approximate surface area is 214 Å². The third-order valence-corrected chi connectivity index (χ3v) is 7.61. The van der Waals surface area contributed by atoms with Gasteiger partial charge >= 0.3 is 6.03 Å². The minimum atomic E-state index is -0.418. The smallest absolute Gasteiger partial charge is 0.318 e. The summed E-state index contributed by atoms with van der Waals surface area (Å²) in [4.78, 5) is 34.2. The quantitative estimate of drug-likeness (QED) is 0.511. The van der Waals surface area contributed by atoms with Crippen molar-refractivity contribution in [2.24, 2.45) is 4.99 Å². The van der Waals surface area contributed by atoms with Gasteiger partial charge in [-0.05, 0) is 70.8 Å². The van der Waals surface area contributed by atoms with Gasteiger partial charge in [0.2, 0.25) is 5.91 Å². The first-order valence-corrected chi connectivity index (χ1v) is 12.9. The SMILES string of the molecule is C=CC(=O)N[C@@H]1CCC[C@@H](NC2=NCC3=C2CN(C(=O)N[C@H](CN(C)C)c2ccccc2)C3(C)C)C1. The van der Waals surface area contributed by atoms with Gasteiger partial charge in [0.05, 0.1) is 24.7 Å². The first-order chi connectivity index (χ1) is 17.2. The highest BCUT2D eigenvalue weighted by Crippen LogP contribution is 2.38. The molecule has 194 valence electrons. The van der Waals surface area contributed by atoms with E-state index in [2.05, 4.69) is 53.4 Å². The van der Waals surface area contributed by atoms with Crippen LogP contribution in [-0.2, 0) is 4.79 Å². The van der Waals surface area contributed by atoms with Crippen molar-refractivity contribution < 1.29 is 9.59 Å². The maximum atomic E-state index is 13.6. The van der Waals surface area contributed by atoms with Crippen molar-refractivity contribution >= 4 is 17.8 Å². The second kappa shape index (κ2) is 10.9. The number of amidine groups is 1. The predicted octanol–water partition coefficient (Wildman–Crippen LogP) is 3.00. The Kier molecular flexibility index (Phi) is 7.83. The first kappa shape index (κ1) is 25.9. The number of hydrogen-bond donors (Lipinski definition) is 3. The molecule has 0 bridgehead atoms. The summed E-state index contributed by atoms with van der Waals surface area (Å²) in [6, 6.07) is 10.4. The van der Waals surface area contributed by atoms with Crippen LogP contribution in [0, 0.1) is 0 Å². The van der Waals surface area contributed by atoms with Crippen LogP contribution in [0.15, 0.2) is 59.1 Å². The van der Waals surface area contributed by atoms with Gasteiger partial charge in [-0.1, -0.05) is 36.9 Å². The highest BCUT2D eigenvalue weighted by molar-refractivity contribution is 6.03. The number of rotatable bonds is 7. The van der Waals surface area contributed by atoms with Crippen LogP contribution in [0.5, 0.6) is 0 Å². The summed E-state index contributed by atoms with van der Waals surface area (Å²) in [6.07, 6.45) is 5.26. The van der Waals surface area contributed by atoms with Crippen LogP contribution in [0.25, 0.3) is 0 Å². The lowest BCUT2D eigenvalue weighted by Crippen LogP contribution is -2.52. The molecule has 1 aromatic carbocycles. The highest BCUT2D eigenvalue weighted by Gasteiger charge is 2.46. The number of aliphatic imine (C=N–C) groups is 1. The van der Waals surface area contributed by atoms with E-state index in [4.69, 9.17) is 4.99 Å². The van der Waals surface area contributed by atoms with E-state index < -0.39 is 5.54 Å². The maximum Gasteiger partial charge on any atom is 0.318 e. The summed E-state index contributed by atoms with van der Waals surface area (Å²) in [5, 5.41) is 9.97. The molecule has 8 nitrogen and oxygen atoms in total. The first-order valence-electron chi connectivity index (χ1n) is 12.9. The molecule has 3 N–H and O–H groups in total. The molecule has 0 saturated heterocycles. The molecule has 0 radical (unpaired) electrons. The number of nitrogens with one attached hydrogen (secondary N) is 3. The molecule has 1 fully saturated rings. The van der Waals surface area contributed by atoms with E-state index in [1.54, 1.807) is 0 Å². The molecule has 2 aliphatic heterocycles. The minimum Gasteiger partial charge on any atom is -0.367 e. The van der Waals surface area contributed by atoms with Crippen molar-refractivity contribution in [3.05, 3.63) is 59.7 Å². The van der Waals surface area contributed by atoms with E-state index in [0.29, 0.717) is 13.1 Å². The Morgan fingerprint density at radius 2 is 1.94 bits per heavy atom. The molecule has 1 saturated carbocycles. The van der Waals surface area contributed by atoms with Gasteiger partial charge in [0.25, 0.3) is 0 Å². The zero-order chi connectivity index (χ0) is 25.9. The molecule has 8 heteroatoms. The number of urea groups is 1. The third kappa shape index (κ3) is 5.64. The van der Waals surface area contributed by atoms with Crippen molar-refractivity contribution in [3.63, 3.8) is 0 Å². The van der Waals surface area contributed by atoms with E-state index >= 15 is 0 Å². The Balaban J connectivity index is 1.42. The molecule has 0 unspecified atom stereocenters. The van der Waals surface area contributed by atoms with Crippen molar-refractivity contribution in [2.75, 3.05) is 33.7 Å². The van der Waals surface area contributed by atoms with E-state index in [0.717, 1.165) is 49.2 Å². The fraction of sp³-hybridized carbons (Fsp3) is 0.536. The number of nitrogens with zero attached hydrogens (tertiary/aromatic N) is 3. The van der Waals surface area contributed by atoms with E-state index in [1.807, 2.05) is 37.2 Å². The van der Waals surface area contributed by atoms with Gasteiger partial charge in [-0.15, -0.1) is 0 Å². The van der Waals surface area contributed by atoms with Crippen LogP contribution < -0.4 is 16.0 Å². The molecule has 0 aromatic heterocycles. The number of likely N-dealkylation sites (N-methyl/N-ethyl adjacent to an activating group) is 1. The topological polar surface area (TPSA) is 89.1 Å². The molecule has 36 heavy (non-hydrogen) atoms. The van der Waals surface area contributed by atoms with Crippen LogP contribution >= 0.6 is 0 Å². The molecule has 2 heterocycles. The van der Waals surface area contributed by atoms with E-state index in [9.17, 15) is 9.59 Å². The molecule has 0 spiro atoms. The van der Waals surface area contributed by atoms with Gasteiger partial charge in [-0.25, -0.2) is 4.79 Å². The monoisotopic (exact) mass is 492 g/mol. The van der Waals surface area contributed by atoms with Crippen molar-refractivity contribution in [3.8, 4) is 0 Å². The zero-order valence-corrected chi connectivity index (χ0v) is 22.0. The van der Waals surface area contributed by atoms with E-state index in [-0.39, 0.29) is 30.1 Å². The Morgan fingerprint density at radius 3 is 2.64 bits per heavy atom. The minimum absolute atomic E-state index is 0.0608. The molecular formula is C28H40N6O2. The largest absolute Gasteiger partial charge is 0.367 e. The fourth-order valence-corrected chi connectivity index (χ4v) is 5.62. The van der Waals surface area contributed by atoms with E-state index in [1.165, 1.54) is 11.6 Å². The molecule has 1 aliphatic carbocycles. The summed E-state index contributed by atoms with van der Waals surface area (Å²) in [6.45, 7) is 9.64. The maximum absolute atomic E-state index is 13.6. The lowest BCUT2D eigenvalue weighted by molar-refractivity contribution is -0.117. The van der Waals surface area contributed by atoms with Crippen LogP contribution in [0.1, 0.15) is 51.1 Å². The van der Waals surface area contributed by atoms with Crippen molar-refractivity contribution in [2.45, 2.75) is 63.2 Å². The molecule has 3 aliphatic rings. The summed E-state index contributed by atoms with van der Waals surface area (Å²) >= 11 is 0. The third-order valence-electron chi connectivity index (χ3n) is 7.61. The van der Waals surface area contributed by atoms with Crippen molar-refractivity contribution in [1.82, 2.24) is 25.8 Å². The highest BCUT2D eigenvalue weighted by atomic mass is 16.2. The second-order valence-electron chi connectivity index (χ2n) is 10.9. The number of amides is 3. The number of benzene rings is 1. The molecule has 3 atom stereocenters. The van der Waals surface area contributed by atoms with Crippen LogP contribution in [0.4, 0.5) is 4.79 Å². The standard InChI is InChI=1S/C28H40N6O2/c1-6-25(35)30-20-13-10-14-21(15-20)31-26-22-17-34(28(2,3)23(22)16-29-26)27(36)32-24(18-33(4)5)19-11-8-7-9-12-19/h6-9,11-12,20-21,24H,1,10,13-18H2,2-5H3,(H,29,31)(H,30,35)(H,32,36)/t20-,21-,24-/m1/s1. The molecule has 1 aromatic rings. The van der Waals surface area contributed by atoms with Gasteiger partial charge in [-0.2, -0.15) is 0 Å². The summed E-state index contributed by atoms with van der Waals surface area (Å²) in [5.41, 5.74) is 3.02. The van der Waals surface area contributed by atoms with Gasteiger partial charge in [0.15, 0.2) is 0 Å². The molecule has 3 amide bonds. The zero-order valence-electron chi connectivity index (χ0n) is 22.0. The van der Waals surface area contributed by atoms with Crippen LogP contribution in [0.3, 0.4) is 0 Å². The average Bonchev–Trinajstić information content (AvgIpc) is 3.36. The second-order valence-corrected chi connectivity index (χ2v) is 10.9. The summed E-state index contributed by atoms with van der Waals surface area (Å²) < 4.78 is 0. The Morgan fingerprint density at radius 1 is 1.22 bits per heavy atom. The average molecular weight is 493 g/mol. The normalized spacial score (nSPS) is 23.7. The van der Waals surface area contributed by atoms with Gasteiger partial charge in [0.1, 0.15) is 5.84 Å². The molecular weight excluding hydrogens is 452 g/mol. The number of hydrogen-bond acceptors (Lipinski definition) is 5. The Bertz CT molecular complexity index is 1050. The van der Waals surface area contributed by atoms with Crippen LogP contribution in [-0.4, -0.2) is 78.9 Å². The lowest BCUT2D eigenvalue weighted by atomic mass is 9.90. The fourth-order valence-electron chi connectivity index (χ4n) is 5.62. The lowest BCUT2D eigenvalue weighted by Gasteiger charge is -2.36. The summed E-state index contributed by atoms with van der Waals surface area (Å²) in [5.74, 6) is 0.785. The Hall–Kier alpha value is -3.13. The predicted molar refractivity (Wildman–Crippen MR) is 144 cm³/mol. The van der Waals surface area contributed by atoms with Crippen LogP contribution in [0.2, 0.25) is 0 Å². The number of carbonyl (C=O) groups excluding carboxylic acids is 2. The van der Waals surface area contributed by atoms with Gasteiger partial charge in [0, 0.05) is 24.2 Å².